The molecule has 1 aliphatic carbocycles. The van der Waals surface area contributed by atoms with Crippen LogP contribution in [-0.2, 0) is 11.2 Å². The zero-order chi connectivity index (χ0) is 12.5. The average molecular weight is 249 g/mol. The van der Waals surface area contributed by atoms with E-state index >= 15 is 0 Å². The zero-order valence-electron chi connectivity index (χ0n) is 10.7. The molecule has 1 aliphatic heterocycles. The highest BCUT2D eigenvalue weighted by molar-refractivity contribution is 5.37. The topological polar surface area (TPSA) is 77.2 Å². The predicted molar refractivity (Wildman–Crippen MR) is 68.3 cm³/mol. The van der Waals surface area contributed by atoms with E-state index in [1.165, 1.54) is 6.42 Å². The van der Waals surface area contributed by atoms with E-state index in [1.54, 1.807) is 0 Å². The van der Waals surface area contributed by atoms with E-state index in [0.29, 0.717) is 18.1 Å². The summed E-state index contributed by atoms with van der Waals surface area (Å²) in [6.07, 6.45) is 4.62. The quantitative estimate of drug-likeness (QED) is 0.834. The van der Waals surface area contributed by atoms with Crippen LogP contribution in [0.5, 0.6) is 0 Å². The predicted octanol–water partition coefficient (Wildman–Crippen LogP) is 0.774. The number of nitrogens with zero attached hydrogens (tertiary/aromatic N) is 4. The number of nitrogen functional groups attached to an aromatic ring is 1. The van der Waals surface area contributed by atoms with Gasteiger partial charge in [-0.2, -0.15) is 15.0 Å². The molecule has 18 heavy (non-hydrogen) atoms. The van der Waals surface area contributed by atoms with Gasteiger partial charge in [0.05, 0.1) is 18.8 Å². The number of nitrogens with two attached hydrogens (primary N) is 1. The normalized spacial score (nSPS) is 27.3. The van der Waals surface area contributed by atoms with Crippen LogP contribution in [0.15, 0.2) is 0 Å². The second-order valence-corrected chi connectivity index (χ2v) is 4.86. The Morgan fingerprint density at radius 1 is 1.33 bits per heavy atom. The molecule has 0 radical (unpaired) electrons. The van der Waals surface area contributed by atoms with E-state index in [9.17, 15) is 0 Å². The van der Waals surface area contributed by atoms with Gasteiger partial charge in [0.1, 0.15) is 5.82 Å². The second-order valence-electron chi connectivity index (χ2n) is 4.86. The Labute approximate surface area is 107 Å². The van der Waals surface area contributed by atoms with Crippen LogP contribution in [0, 0.1) is 0 Å². The van der Waals surface area contributed by atoms with Crippen LogP contribution in [0.3, 0.4) is 0 Å². The first-order valence-electron chi connectivity index (χ1n) is 6.66. The van der Waals surface area contributed by atoms with Crippen molar-refractivity contribution >= 4 is 11.9 Å². The van der Waals surface area contributed by atoms with Gasteiger partial charge >= 0.3 is 0 Å². The fourth-order valence-electron chi connectivity index (χ4n) is 2.89. The molecule has 0 aromatic carbocycles. The molecule has 1 aromatic heterocycles. The van der Waals surface area contributed by atoms with Crippen molar-refractivity contribution in [3.8, 4) is 0 Å². The molecule has 2 heterocycles. The van der Waals surface area contributed by atoms with Crippen molar-refractivity contribution in [1.82, 2.24) is 15.0 Å². The first-order chi connectivity index (χ1) is 8.78. The summed E-state index contributed by atoms with van der Waals surface area (Å²) in [5.74, 6) is 1.80. The maximum Gasteiger partial charge on any atom is 0.230 e. The number of morpholine rings is 1. The fraction of sp³-hybridized carbons (Fsp3) is 0.750. The molecule has 2 atom stereocenters. The van der Waals surface area contributed by atoms with Crippen LogP contribution in [0.1, 0.15) is 32.0 Å². The number of hydrogen-bond donors (Lipinski definition) is 1. The van der Waals surface area contributed by atoms with Crippen molar-refractivity contribution in [2.75, 3.05) is 23.8 Å². The number of anilines is 2. The van der Waals surface area contributed by atoms with Gasteiger partial charge in [0.25, 0.3) is 0 Å². The average Bonchev–Trinajstić information content (AvgIpc) is 2.85. The van der Waals surface area contributed by atoms with Gasteiger partial charge < -0.3 is 15.4 Å². The molecule has 2 N–H and O–H groups in total. The molecule has 1 saturated heterocycles. The summed E-state index contributed by atoms with van der Waals surface area (Å²) in [6.45, 7) is 3.61. The van der Waals surface area contributed by atoms with Gasteiger partial charge in [0.15, 0.2) is 0 Å². The largest absolute Gasteiger partial charge is 0.374 e. The Morgan fingerprint density at radius 3 is 3.06 bits per heavy atom. The molecule has 3 rings (SSSR count). The van der Waals surface area contributed by atoms with Gasteiger partial charge in [-0.15, -0.1) is 0 Å². The SMILES string of the molecule is CCc1nc(N)nc(N2CCOC3CCCC32)n1. The van der Waals surface area contributed by atoms with Crippen molar-refractivity contribution in [2.24, 2.45) is 0 Å². The van der Waals surface area contributed by atoms with Crippen LogP contribution in [0.2, 0.25) is 0 Å². The Bertz CT molecular complexity index is 438. The third-order valence-electron chi connectivity index (χ3n) is 3.74. The third kappa shape index (κ3) is 2.01. The molecule has 0 spiro atoms. The van der Waals surface area contributed by atoms with Crippen molar-refractivity contribution in [1.29, 1.82) is 0 Å². The summed E-state index contributed by atoms with van der Waals surface area (Å²) in [5, 5.41) is 0. The molecule has 0 amide bonds. The highest BCUT2D eigenvalue weighted by Crippen LogP contribution is 2.31. The minimum absolute atomic E-state index is 0.317. The molecule has 2 aliphatic rings. The Hall–Kier alpha value is -1.43. The Balaban J connectivity index is 1.90. The fourth-order valence-corrected chi connectivity index (χ4v) is 2.89. The lowest BCUT2D eigenvalue weighted by Gasteiger charge is -2.37. The Morgan fingerprint density at radius 2 is 2.22 bits per heavy atom. The number of hydrogen-bond acceptors (Lipinski definition) is 6. The van der Waals surface area contributed by atoms with E-state index in [-0.39, 0.29) is 0 Å². The van der Waals surface area contributed by atoms with Gasteiger partial charge in [-0.1, -0.05) is 6.92 Å². The molecule has 6 nitrogen and oxygen atoms in total. The molecular weight excluding hydrogens is 230 g/mol. The highest BCUT2D eigenvalue weighted by atomic mass is 16.5. The van der Waals surface area contributed by atoms with E-state index in [4.69, 9.17) is 10.5 Å². The number of rotatable bonds is 2. The van der Waals surface area contributed by atoms with Crippen LogP contribution < -0.4 is 10.6 Å². The van der Waals surface area contributed by atoms with Crippen LogP contribution in [-0.4, -0.2) is 40.2 Å². The molecule has 98 valence electrons. The Kier molecular flexibility index (Phi) is 3.03. The first-order valence-corrected chi connectivity index (χ1v) is 6.66. The molecule has 1 saturated carbocycles. The summed E-state index contributed by atoms with van der Waals surface area (Å²) in [4.78, 5) is 15.2. The molecule has 1 aromatic rings. The summed E-state index contributed by atoms with van der Waals surface area (Å²) in [7, 11) is 0. The third-order valence-corrected chi connectivity index (χ3v) is 3.74. The highest BCUT2D eigenvalue weighted by Gasteiger charge is 2.37. The summed E-state index contributed by atoms with van der Waals surface area (Å²) < 4.78 is 5.80. The smallest absolute Gasteiger partial charge is 0.230 e. The van der Waals surface area contributed by atoms with Gasteiger partial charge in [-0.25, -0.2) is 0 Å². The van der Waals surface area contributed by atoms with Gasteiger partial charge in [0.2, 0.25) is 11.9 Å². The molecule has 6 heteroatoms. The number of aryl methyl sites for hydroxylation is 1. The lowest BCUT2D eigenvalue weighted by Crippen LogP contribution is -2.49. The van der Waals surface area contributed by atoms with Crippen LogP contribution in [0.4, 0.5) is 11.9 Å². The summed E-state index contributed by atoms with van der Waals surface area (Å²) >= 11 is 0. The van der Waals surface area contributed by atoms with Crippen LogP contribution >= 0.6 is 0 Å². The number of aromatic nitrogens is 3. The first kappa shape index (κ1) is 11.6. The molecular formula is C12H19N5O. The monoisotopic (exact) mass is 249 g/mol. The molecule has 2 unspecified atom stereocenters. The number of ether oxygens (including phenoxy) is 1. The second kappa shape index (κ2) is 4.68. The summed E-state index contributed by atoms with van der Waals surface area (Å²) in [5.41, 5.74) is 5.76. The van der Waals surface area contributed by atoms with Crippen molar-refractivity contribution in [3.63, 3.8) is 0 Å². The minimum Gasteiger partial charge on any atom is -0.374 e. The number of fused-ring (bicyclic) bond motifs is 1. The van der Waals surface area contributed by atoms with E-state index in [0.717, 1.165) is 44.2 Å². The lowest BCUT2D eigenvalue weighted by atomic mass is 10.1. The van der Waals surface area contributed by atoms with Crippen molar-refractivity contribution < 1.29 is 4.74 Å². The minimum atomic E-state index is 0.317. The zero-order valence-corrected chi connectivity index (χ0v) is 10.7. The van der Waals surface area contributed by atoms with E-state index in [1.807, 2.05) is 6.92 Å². The maximum atomic E-state index is 5.80. The van der Waals surface area contributed by atoms with Crippen LogP contribution in [0.25, 0.3) is 0 Å². The lowest BCUT2D eigenvalue weighted by molar-refractivity contribution is 0.0249. The van der Waals surface area contributed by atoms with Crippen molar-refractivity contribution in [3.05, 3.63) is 5.82 Å². The van der Waals surface area contributed by atoms with Gasteiger partial charge in [-0.3, -0.25) is 0 Å². The van der Waals surface area contributed by atoms with Crippen molar-refractivity contribution in [2.45, 2.75) is 44.8 Å². The van der Waals surface area contributed by atoms with Gasteiger partial charge in [-0.05, 0) is 19.3 Å². The summed E-state index contributed by atoms with van der Waals surface area (Å²) in [6, 6.07) is 0.408. The standard InChI is InChI=1S/C12H19N5O/c1-2-10-14-11(13)16-12(15-10)17-6-7-18-9-5-3-4-8(9)17/h8-9H,2-7H2,1H3,(H2,13,14,15,16). The molecule has 2 fully saturated rings. The van der Waals surface area contributed by atoms with Gasteiger partial charge in [0, 0.05) is 13.0 Å². The van der Waals surface area contributed by atoms with E-state index in [2.05, 4.69) is 19.9 Å². The molecule has 0 bridgehead atoms. The van der Waals surface area contributed by atoms with E-state index < -0.39 is 0 Å². The maximum absolute atomic E-state index is 5.80.